The van der Waals surface area contributed by atoms with Crippen molar-refractivity contribution in [3.05, 3.63) is 83.1 Å². The fourth-order valence-corrected chi connectivity index (χ4v) is 4.40. The standard InChI is InChI=1S/C21H28Si/c1-22(2,3)21(18-17-20-13-8-5-9-14-20)16-10-15-19-11-6-4-7-12-19/h4-9,11-14,16H,10,15,17-18H2,1-3H3/b21-16+. The molecule has 0 radical (unpaired) electrons. The summed E-state index contributed by atoms with van der Waals surface area (Å²) in [6.07, 6.45) is 7.23. The second kappa shape index (κ2) is 8.14. The molecule has 2 aromatic carbocycles. The predicted molar refractivity (Wildman–Crippen MR) is 101 cm³/mol. The minimum absolute atomic E-state index is 1.15. The largest absolute Gasteiger partial charge is 0.0888 e. The molecule has 116 valence electrons. The minimum Gasteiger partial charge on any atom is -0.0888 e. The Bertz CT molecular complexity index is 576. The van der Waals surface area contributed by atoms with Crippen LogP contribution in [0.15, 0.2) is 71.9 Å². The Labute approximate surface area is 136 Å². The highest BCUT2D eigenvalue weighted by molar-refractivity contribution is 6.83. The number of rotatable bonds is 7. The van der Waals surface area contributed by atoms with Crippen molar-refractivity contribution < 1.29 is 0 Å². The van der Waals surface area contributed by atoms with E-state index in [4.69, 9.17) is 0 Å². The molecule has 0 aliphatic rings. The molecule has 0 nitrogen and oxygen atoms in total. The van der Waals surface area contributed by atoms with E-state index in [-0.39, 0.29) is 0 Å². The number of hydrogen-bond donors (Lipinski definition) is 0. The van der Waals surface area contributed by atoms with Crippen molar-refractivity contribution >= 4 is 8.07 Å². The van der Waals surface area contributed by atoms with Crippen molar-refractivity contribution in [2.24, 2.45) is 0 Å². The van der Waals surface area contributed by atoms with E-state index in [2.05, 4.69) is 86.4 Å². The van der Waals surface area contributed by atoms with Crippen LogP contribution in [0.2, 0.25) is 19.6 Å². The maximum Gasteiger partial charge on any atom is 0.0720 e. The van der Waals surface area contributed by atoms with E-state index in [1.807, 2.05) is 0 Å². The highest BCUT2D eigenvalue weighted by atomic mass is 28.3. The zero-order valence-electron chi connectivity index (χ0n) is 14.2. The van der Waals surface area contributed by atoms with Crippen LogP contribution in [-0.2, 0) is 12.8 Å². The predicted octanol–water partition coefficient (Wildman–Crippen LogP) is 6.06. The Morgan fingerprint density at radius 1 is 0.773 bits per heavy atom. The molecule has 0 unspecified atom stereocenters. The highest BCUT2D eigenvalue weighted by Crippen LogP contribution is 2.21. The SMILES string of the molecule is C[Si](C)(C)/C(=C/CCc1ccccc1)CCc1ccccc1. The van der Waals surface area contributed by atoms with Crippen molar-refractivity contribution in [1.82, 2.24) is 0 Å². The van der Waals surface area contributed by atoms with Gasteiger partial charge in [-0.15, -0.1) is 0 Å². The lowest BCUT2D eigenvalue weighted by molar-refractivity contribution is 0.940. The van der Waals surface area contributed by atoms with Gasteiger partial charge in [0.15, 0.2) is 0 Å². The lowest BCUT2D eigenvalue weighted by Gasteiger charge is -2.21. The molecule has 0 atom stereocenters. The number of allylic oxidation sites excluding steroid dienone is 2. The molecular weight excluding hydrogens is 280 g/mol. The first-order valence-electron chi connectivity index (χ1n) is 8.33. The van der Waals surface area contributed by atoms with E-state index in [1.165, 1.54) is 30.4 Å². The van der Waals surface area contributed by atoms with Crippen LogP contribution in [0, 0.1) is 0 Å². The van der Waals surface area contributed by atoms with Crippen LogP contribution < -0.4 is 0 Å². The second-order valence-corrected chi connectivity index (χ2v) is 12.1. The quantitative estimate of drug-likeness (QED) is 0.546. The molecule has 0 N–H and O–H groups in total. The maximum absolute atomic E-state index is 2.53. The third-order valence-corrected chi connectivity index (χ3v) is 6.54. The van der Waals surface area contributed by atoms with Gasteiger partial charge in [-0.05, 0) is 36.8 Å². The van der Waals surface area contributed by atoms with Gasteiger partial charge in [0.25, 0.3) is 0 Å². The van der Waals surface area contributed by atoms with Gasteiger partial charge in [-0.25, -0.2) is 0 Å². The Morgan fingerprint density at radius 2 is 1.27 bits per heavy atom. The van der Waals surface area contributed by atoms with Crippen molar-refractivity contribution in [2.45, 2.75) is 45.3 Å². The lowest BCUT2D eigenvalue weighted by atomic mass is 10.1. The van der Waals surface area contributed by atoms with Crippen LogP contribution in [0.3, 0.4) is 0 Å². The molecule has 1 heteroatoms. The molecule has 0 aliphatic carbocycles. The van der Waals surface area contributed by atoms with Gasteiger partial charge in [0.2, 0.25) is 0 Å². The summed E-state index contributed by atoms with van der Waals surface area (Å²) in [6.45, 7) is 7.39. The molecule has 0 fully saturated rings. The van der Waals surface area contributed by atoms with Gasteiger partial charge in [0.05, 0.1) is 8.07 Å². The summed E-state index contributed by atoms with van der Waals surface area (Å²) >= 11 is 0. The molecule has 0 amide bonds. The highest BCUT2D eigenvalue weighted by Gasteiger charge is 2.18. The summed E-state index contributed by atoms with van der Waals surface area (Å²) in [5.74, 6) is 0. The zero-order valence-corrected chi connectivity index (χ0v) is 15.2. The fourth-order valence-electron chi connectivity index (χ4n) is 2.76. The van der Waals surface area contributed by atoms with E-state index < -0.39 is 8.07 Å². The summed E-state index contributed by atoms with van der Waals surface area (Å²) in [7, 11) is -1.22. The van der Waals surface area contributed by atoms with Crippen LogP contribution in [0.1, 0.15) is 24.0 Å². The second-order valence-electron chi connectivity index (χ2n) is 6.99. The average Bonchev–Trinajstić information content (AvgIpc) is 2.51. The first kappa shape index (κ1) is 16.8. The molecular formula is C21H28Si. The van der Waals surface area contributed by atoms with Crippen molar-refractivity contribution in [1.29, 1.82) is 0 Å². The molecule has 0 saturated heterocycles. The topological polar surface area (TPSA) is 0 Å². The van der Waals surface area contributed by atoms with E-state index in [0.29, 0.717) is 0 Å². The summed E-state index contributed by atoms with van der Waals surface area (Å²) < 4.78 is 0. The zero-order chi connectivity index (χ0) is 15.8. The lowest BCUT2D eigenvalue weighted by Crippen LogP contribution is -2.24. The molecule has 2 rings (SSSR count). The Hall–Kier alpha value is -1.60. The summed E-state index contributed by atoms with van der Waals surface area (Å²) in [5.41, 5.74) is 2.89. The van der Waals surface area contributed by atoms with E-state index >= 15 is 0 Å². The molecule has 0 saturated carbocycles. The van der Waals surface area contributed by atoms with Crippen molar-refractivity contribution in [3.63, 3.8) is 0 Å². The third kappa shape index (κ3) is 5.65. The summed E-state index contributed by atoms with van der Waals surface area (Å²) in [5, 5.41) is 1.72. The molecule has 0 spiro atoms. The van der Waals surface area contributed by atoms with Gasteiger partial charge in [-0.2, -0.15) is 0 Å². The van der Waals surface area contributed by atoms with Gasteiger partial charge < -0.3 is 0 Å². The molecule has 0 bridgehead atoms. The first-order valence-corrected chi connectivity index (χ1v) is 11.8. The van der Waals surface area contributed by atoms with Gasteiger partial charge >= 0.3 is 0 Å². The van der Waals surface area contributed by atoms with Crippen LogP contribution in [0.5, 0.6) is 0 Å². The number of aryl methyl sites for hydroxylation is 2. The first-order chi connectivity index (χ1) is 10.6. The third-order valence-electron chi connectivity index (χ3n) is 4.16. The summed E-state index contributed by atoms with van der Waals surface area (Å²) in [6, 6.07) is 21.7. The maximum atomic E-state index is 2.53. The van der Waals surface area contributed by atoms with Crippen LogP contribution >= 0.6 is 0 Å². The minimum atomic E-state index is -1.22. The Balaban J connectivity index is 1.95. The van der Waals surface area contributed by atoms with Gasteiger partial charge in [-0.3, -0.25) is 0 Å². The molecule has 22 heavy (non-hydrogen) atoms. The van der Waals surface area contributed by atoms with Crippen molar-refractivity contribution in [2.75, 3.05) is 0 Å². The Morgan fingerprint density at radius 3 is 1.77 bits per heavy atom. The van der Waals surface area contributed by atoms with E-state index in [0.717, 1.165) is 6.42 Å². The van der Waals surface area contributed by atoms with Crippen molar-refractivity contribution in [3.8, 4) is 0 Å². The normalized spacial score (nSPS) is 12.4. The monoisotopic (exact) mass is 308 g/mol. The van der Waals surface area contributed by atoms with Gasteiger partial charge in [-0.1, -0.05) is 91.6 Å². The number of hydrogen-bond acceptors (Lipinski definition) is 0. The summed E-state index contributed by atoms with van der Waals surface area (Å²) in [4.78, 5) is 0. The van der Waals surface area contributed by atoms with Crippen LogP contribution in [0.25, 0.3) is 0 Å². The molecule has 0 heterocycles. The number of benzene rings is 2. The fraction of sp³-hybridized carbons (Fsp3) is 0.333. The van der Waals surface area contributed by atoms with Gasteiger partial charge in [0.1, 0.15) is 0 Å². The Kier molecular flexibility index (Phi) is 6.20. The van der Waals surface area contributed by atoms with Crippen LogP contribution in [0.4, 0.5) is 0 Å². The van der Waals surface area contributed by atoms with E-state index in [1.54, 1.807) is 5.20 Å². The molecule has 2 aromatic rings. The molecule has 0 aliphatic heterocycles. The smallest absolute Gasteiger partial charge is 0.0720 e. The van der Waals surface area contributed by atoms with Gasteiger partial charge in [0, 0.05) is 0 Å². The average molecular weight is 309 g/mol. The molecule has 0 aromatic heterocycles. The van der Waals surface area contributed by atoms with E-state index in [9.17, 15) is 0 Å². The van der Waals surface area contributed by atoms with Crippen LogP contribution in [-0.4, -0.2) is 8.07 Å².